The van der Waals surface area contributed by atoms with E-state index in [2.05, 4.69) is 11.8 Å². The molecule has 1 aliphatic rings. The molecule has 0 aliphatic carbocycles. The molecule has 0 spiro atoms. The molecule has 6 nitrogen and oxygen atoms in total. The van der Waals surface area contributed by atoms with Crippen molar-refractivity contribution >= 4 is 11.9 Å². The fourth-order valence-corrected chi connectivity index (χ4v) is 4.11. The standard InChI is InChI=1S/C24H29FN2O4/c1-15-9-20(24(29)30)10-16(2)23(15)31-14-22(28)27-12-17(3)26(11-18(27)4)13-19-5-7-21(25)8-6-19/h5-10,17-18H,11-14H2,1-4H3,(H,29,30)/t17-,18+/m1/s1. The zero-order valence-corrected chi connectivity index (χ0v) is 18.4. The lowest BCUT2D eigenvalue weighted by Crippen LogP contribution is -2.58. The lowest BCUT2D eigenvalue weighted by Gasteiger charge is -2.44. The minimum Gasteiger partial charge on any atom is -0.483 e. The van der Waals surface area contributed by atoms with Crippen LogP contribution in [0.3, 0.4) is 0 Å². The summed E-state index contributed by atoms with van der Waals surface area (Å²) in [6.45, 7) is 9.56. The number of nitrogens with zero attached hydrogens (tertiary/aromatic N) is 2. The van der Waals surface area contributed by atoms with Crippen molar-refractivity contribution in [1.82, 2.24) is 9.80 Å². The number of carboxylic acid groups (broad SMARTS) is 1. The molecular weight excluding hydrogens is 399 g/mol. The predicted molar refractivity (Wildman–Crippen MR) is 116 cm³/mol. The van der Waals surface area contributed by atoms with Crippen LogP contribution in [0.5, 0.6) is 5.75 Å². The minimum atomic E-state index is -0.991. The molecule has 2 aromatic carbocycles. The van der Waals surface area contributed by atoms with Crippen LogP contribution < -0.4 is 4.74 Å². The van der Waals surface area contributed by atoms with Crippen LogP contribution >= 0.6 is 0 Å². The summed E-state index contributed by atoms with van der Waals surface area (Å²) < 4.78 is 18.9. The minimum absolute atomic E-state index is 0.0179. The highest BCUT2D eigenvalue weighted by Crippen LogP contribution is 2.25. The molecule has 1 N–H and O–H groups in total. The molecule has 0 saturated carbocycles. The highest BCUT2D eigenvalue weighted by Gasteiger charge is 2.32. The Morgan fingerprint density at radius 3 is 2.26 bits per heavy atom. The highest BCUT2D eigenvalue weighted by atomic mass is 19.1. The largest absolute Gasteiger partial charge is 0.483 e. The molecule has 0 unspecified atom stereocenters. The van der Waals surface area contributed by atoms with Crippen molar-refractivity contribution in [2.45, 2.75) is 46.3 Å². The lowest BCUT2D eigenvalue weighted by molar-refractivity contribution is -0.139. The van der Waals surface area contributed by atoms with E-state index in [0.29, 0.717) is 30.0 Å². The third kappa shape index (κ3) is 5.41. The van der Waals surface area contributed by atoms with Gasteiger partial charge in [0.05, 0.1) is 5.56 Å². The van der Waals surface area contributed by atoms with Gasteiger partial charge in [-0.1, -0.05) is 12.1 Å². The molecule has 1 fully saturated rings. The number of hydrogen-bond acceptors (Lipinski definition) is 4. The molecule has 3 rings (SSSR count). The van der Waals surface area contributed by atoms with Crippen LogP contribution in [0.4, 0.5) is 4.39 Å². The summed E-state index contributed by atoms with van der Waals surface area (Å²) in [5.74, 6) is -0.783. The molecule has 2 atom stereocenters. The SMILES string of the molecule is Cc1cc(C(=O)O)cc(C)c1OCC(=O)N1C[C@@H](C)N(Cc2ccc(F)cc2)C[C@@H]1C. The molecule has 31 heavy (non-hydrogen) atoms. The number of piperazine rings is 1. The summed E-state index contributed by atoms with van der Waals surface area (Å²) in [5.41, 5.74) is 2.62. The van der Waals surface area contributed by atoms with Crippen molar-refractivity contribution in [2.75, 3.05) is 19.7 Å². The monoisotopic (exact) mass is 428 g/mol. The van der Waals surface area contributed by atoms with Crippen molar-refractivity contribution in [2.24, 2.45) is 0 Å². The van der Waals surface area contributed by atoms with Crippen LogP contribution in [0.2, 0.25) is 0 Å². The number of hydrogen-bond donors (Lipinski definition) is 1. The lowest BCUT2D eigenvalue weighted by atomic mass is 10.1. The van der Waals surface area contributed by atoms with Crippen molar-refractivity contribution in [3.63, 3.8) is 0 Å². The van der Waals surface area contributed by atoms with Gasteiger partial charge in [0.25, 0.3) is 5.91 Å². The van der Waals surface area contributed by atoms with Gasteiger partial charge in [0, 0.05) is 31.7 Å². The zero-order chi connectivity index (χ0) is 22.7. The van der Waals surface area contributed by atoms with Crippen molar-refractivity contribution in [1.29, 1.82) is 0 Å². The Hall–Kier alpha value is -2.93. The van der Waals surface area contributed by atoms with E-state index in [-0.39, 0.29) is 36.0 Å². The van der Waals surface area contributed by atoms with Crippen LogP contribution in [0.1, 0.15) is 40.9 Å². The van der Waals surface area contributed by atoms with Crippen molar-refractivity contribution in [3.8, 4) is 5.75 Å². The third-order valence-corrected chi connectivity index (χ3v) is 5.78. The van der Waals surface area contributed by atoms with Crippen molar-refractivity contribution < 1.29 is 23.8 Å². The molecule has 0 bridgehead atoms. The number of rotatable bonds is 6. The van der Waals surface area contributed by atoms with Gasteiger partial charge in [-0.05, 0) is 68.7 Å². The van der Waals surface area contributed by atoms with Crippen LogP contribution in [0.25, 0.3) is 0 Å². The van der Waals surface area contributed by atoms with E-state index in [1.54, 1.807) is 38.1 Å². The summed E-state index contributed by atoms with van der Waals surface area (Å²) in [5, 5.41) is 9.17. The second-order valence-electron chi connectivity index (χ2n) is 8.33. The fourth-order valence-electron chi connectivity index (χ4n) is 4.11. The van der Waals surface area contributed by atoms with Gasteiger partial charge in [-0.25, -0.2) is 9.18 Å². The number of carbonyl (C=O) groups is 2. The number of carbonyl (C=O) groups excluding carboxylic acids is 1. The van der Waals surface area contributed by atoms with Gasteiger partial charge >= 0.3 is 5.97 Å². The van der Waals surface area contributed by atoms with Gasteiger partial charge in [0.2, 0.25) is 0 Å². The number of halogens is 1. The molecular formula is C24H29FN2O4. The molecule has 0 aromatic heterocycles. The summed E-state index contributed by atoms with van der Waals surface area (Å²) in [7, 11) is 0. The number of benzene rings is 2. The quantitative estimate of drug-likeness (QED) is 0.761. The molecule has 1 heterocycles. The summed E-state index contributed by atoms with van der Waals surface area (Å²) in [6.07, 6.45) is 0. The van der Waals surface area contributed by atoms with E-state index < -0.39 is 5.97 Å². The first kappa shape index (κ1) is 22.7. The van der Waals surface area contributed by atoms with Gasteiger partial charge in [-0.2, -0.15) is 0 Å². The maximum atomic E-state index is 13.1. The Bertz CT molecular complexity index is 938. The Kier molecular flexibility index (Phi) is 6.95. The van der Waals surface area contributed by atoms with Gasteiger partial charge < -0.3 is 14.7 Å². The highest BCUT2D eigenvalue weighted by molar-refractivity contribution is 5.88. The van der Waals surface area contributed by atoms with Gasteiger partial charge in [0.15, 0.2) is 6.61 Å². The topological polar surface area (TPSA) is 70.1 Å². The zero-order valence-electron chi connectivity index (χ0n) is 18.4. The molecule has 1 saturated heterocycles. The average molecular weight is 429 g/mol. The van der Waals surface area contributed by atoms with E-state index in [0.717, 1.165) is 12.1 Å². The number of aryl methyl sites for hydroxylation is 2. The Balaban J connectivity index is 1.60. The summed E-state index contributed by atoms with van der Waals surface area (Å²) in [4.78, 5) is 28.2. The van der Waals surface area contributed by atoms with E-state index in [1.165, 1.54) is 12.1 Å². The fraction of sp³-hybridized carbons (Fsp3) is 0.417. The Morgan fingerprint density at radius 1 is 1.06 bits per heavy atom. The maximum absolute atomic E-state index is 13.1. The summed E-state index contributed by atoms with van der Waals surface area (Å²) >= 11 is 0. The Morgan fingerprint density at radius 2 is 1.68 bits per heavy atom. The first-order chi connectivity index (χ1) is 14.7. The Labute approximate surface area is 182 Å². The number of aromatic carboxylic acids is 1. The molecule has 0 radical (unpaired) electrons. The second kappa shape index (κ2) is 9.47. The number of carboxylic acids is 1. The number of ether oxygens (including phenoxy) is 1. The van der Waals surface area contributed by atoms with Crippen LogP contribution in [0.15, 0.2) is 36.4 Å². The van der Waals surface area contributed by atoms with Crippen molar-refractivity contribution in [3.05, 3.63) is 64.5 Å². The van der Waals surface area contributed by atoms with Gasteiger partial charge in [-0.3, -0.25) is 9.69 Å². The predicted octanol–water partition coefficient (Wildman–Crippen LogP) is 3.64. The van der Waals surface area contributed by atoms with E-state index in [1.807, 2.05) is 11.8 Å². The first-order valence-electron chi connectivity index (χ1n) is 10.4. The summed E-state index contributed by atoms with van der Waals surface area (Å²) in [6, 6.07) is 9.78. The van der Waals surface area contributed by atoms with Crippen LogP contribution in [0, 0.1) is 19.7 Å². The van der Waals surface area contributed by atoms with Crippen LogP contribution in [-0.4, -0.2) is 58.6 Å². The second-order valence-corrected chi connectivity index (χ2v) is 8.33. The van der Waals surface area contributed by atoms with E-state index in [4.69, 9.17) is 4.74 Å². The maximum Gasteiger partial charge on any atom is 0.335 e. The normalized spacial score (nSPS) is 19.3. The van der Waals surface area contributed by atoms with E-state index in [9.17, 15) is 19.1 Å². The van der Waals surface area contributed by atoms with Crippen LogP contribution in [-0.2, 0) is 11.3 Å². The molecule has 1 amide bonds. The van der Waals surface area contributed by atoms with Gasteiger partial charge in [-0.15, -0.1) is 0 Å². The molecule has 7 heteroatoms. The van der Waals surface area contributed by atoms with Gasteiger partial charge in [0.1, 0.15) is 11.6 Å². The van der Waals surface area contributed by atoms with E-state index >= 15 is 0 Å². The molecule has 1 aliphatic heterocycles. The first-order valence-corrected chi connectivity index (χ1v) is 10.4. The molecule has 2 aromatic rings. The average Bonchev–Trinajstić information content (AvgIpc) is 2.71. The number of amides is 1. The third-order valence-electron chi connectivity index (χ3n) is 5.78. The molecule has 166 valence electrons. The smallest absolute Gasteiger partial charge is 0.335 e.